The van der Waals surface area contributed by atoms with Gasteiger partial charge in [-0.05, 0) is 66.4 Å². The highest BCUT2D eigenvalue weighted by Gasteiger charge is 2.26. The normalized spacial score (nSPS) is 12.6. The number of hydrogen-bond acceptors (Lipinski definition) is 13. The Morgan fingerprint density at radius 3 is 2.02 bits per heavy atom. The molecule has 1 amide bonds. The number of methoxy groups -OCH3 is 1. The van der Waals surface area contributed by atoms with Crippen LogP contribution in [0, 0.1) is 6.92 Å². The van der Waals surface area contributed by atoms with Crippen LogP contribution >= 0.6 is 0 Å². The molecule has 0 heterocycles. The smallest absolute Gasteiger partial charge is 0.296 e. The average molecular weight is 706 g/mol. The maximum Gasteiger partial charge on any atom is 0.296 e. The van der Waals surface area contributed by atoms with Crippen LogP contribution in [-0.2, 0) is 34.9 Å². The number of aryl methyl sites for hydroxylation is 1. The fraction of sp³-hybridized carbons (Fsp3) is 0.179. The zero-order valence-corrected chi connectivity index (χ0v) is 27.5. The number of carbonyl (C=O) groups excluding carboxylic acids is 1. The summed E-state index contributed by atoms with van der Waals surface area (Å²) in [5.74, 6) is -1.56. The number of anilines is 1. The second-order valence-corrected chi connectivity index (χ2v) is 15.0. The van der Waals surface area contributed by atoms with E-state index in [0.29, 0.717) is 16.9 Å². The molecular weight excluding hydrogens is 679 g/mol. The first-order valence-corrected chi connectivity index (χ1v) is 17.8. The summed E-state index contributed by atoms with van der Waals surface area (Å²) in [7, 11) is -12.0. The van der Waals surface area contributed by atoms with E-state index in [-0.39, 0.29) is 38.5 Å². The molecule has 19 heteroatoms. The van der Waals surface area contributed by atoms with Gasteiger partial charge < -0.3 is 15.2 Å². The minimum Gasteiger partial charge on any atom is -0.505 e. The number of phenols is 1. The summed E-state index contributed by atoms with van der Waals surface area (Å²) in [6, 6.07) is 11.2. The number of ether oxygens (including phenoxy) is 1. The van der Waals surface area contributed by atoms with Crippen molar-refractivity contribution in [1.82, 2.24) is 0 Å². The number of sulfone groups is 1. The molecule has 0 fully saturated rings. The zero-order chi connectivity index (χ0) is 34.9. The van der Waals surface area contributed by atoms with Crippen molar-refractivity contribution in [2.45, 2.75) is 35.5 Å². The number of azo groups is 2. The van der Waals surface area contributed by atoms with Gasteiger partial charge in [-0.25, -0.2) is 8.42 Å². The van der Waals surface area contributed by atoms with Crippen molar-refractivity contribution in [3.63, 3.8) is 0 Å². The molecule has 0 saturated carbocycles. The molecule has 4 aromatic rings. The molecule has 0 aromatic heterocycles. The van der Waals surface area contributed by atoms with Crippen LogP contribution in [-0.4, -0.2) is 58.2 Å². The van der Waals surface area contributed by atoms with Gasteiger partial charge in [-0.15, -0.1) is 10.2 Å². The highest BCUT2D eigenvalue weighted by atomic mass is 32.2. The molecule has 4 rings (SSSR count). The van der Waals surface area contributed by atoms with Gasteiger partial charge in [0.05, 0.1) is 39.7 Å². The molecule has 0 aliphatic carbocycles. The fourth-order valence-corrected chi connectivity index (χ4v) is 6.39. The topological polar surface area (TPSA) is 251 Å². The first kappa shape index (κ1) is 35.0. The Morgan fingerprint density at radius 1 is 0.830 bits per heavy atom. The average Bonchev–Trinajstić information content (AvgIpc) is 2.98. The van der Waals surface area contributed by atoms with Crippen molar-refractivity contribution in [1.29, 1.82) is 0 Å². The second kappa shape index (κ2) is 13.1. The van der Waals surface area contributed by atoms with Gasteiger partial charge in [0.1, 0.15) is 22.0 Å². The van der Waals surface area contributed by atoms with Crippen molar-refractivity contribution in [3.05, 3.63) is 60.2 Å². The number of amides is 1. The molecule has 0 aliphatic rings. The van der Waals surface area contributed by atoms with Crippen molar-refractivity contribution >= 4 is 75.2 Å². The van der Waals surface area contributed by atoms with Gasteiger partial charge in [-0.1, -0.05) is 6.92 Å². The zero-order valence-electron chi connectivity index (χ0n) is 25.0. The molecule has 0 saturated heterocycles. The molecule has 0 atom stereocenters. The van der Waals surface area contributed by atoms with E-state index in [9.17, 15) is 44.3 Å². The standard InChI is InChI=1S/C28H27N5O11S3/c1-5-45(36,37)19-8-6-18(7-9-19)30-31-21-14-24(44-4)22(10-15(21)2)32-33-27-25(47(41,42)43)12-17-11-20(46(38,39)40)13-23(29-16(3)34)26(17)28(27)35/h6-14,35H,5H2,1-4H3,(H,29,34)(H,38,39,40)(H,41,42,43). The van der Waals surface area contributed by atoms with E-state index < -0.39 is 57.2 Å². The number of rotatable bonds is 10. The molecule has 4 N–H and O–H groups in total. The lowest BCUT2D eigenvalue weighted by Crippen LogP contribution is -2.08. The predicted molar refractivity (Wildman–Crippen MR) is 170 cm³/mol. The number of aromatic hydroxyl groups is 1. The van der Waals surface area contributed by atoms with E-state index in [1.54, 1.807) is 6.92 Å². The Kier molecular flexibility index (Phi) is 9.78. The fourth-order valence-electron chi connectivity index (χ4n) is 4.30. The molecule has 248 valence electrons. The van der Waals surface area contributed by atoms with Crippen LogP contribution in [0.5, 0.6) is 11.5 Å². The van der Waals surface area contributed by atoms with Crippen molar-refractivity contribution in [3.8, 4) is 11.5 Å². The Morgan fingerprint density at radius 2 is 1.47 bits per heavy atom. The minimum atomic E-state index is -5.12. The van der Waals surface area contributed by atoms with E-state index in [0.717, 1.165) is 25.1 Å². The van der Waals surface area contributed by atoms with E-state index in [2.05, 4.69) is 25.8 Å². The van der Waals surface area contributed by atoms with Crippen LogP contribution in [0.15, 0.2) is 89.7 Å². The summed E-state index contributed by atoms with van der Waals surface area (Å²) in [5.41, 5.74) is 0.146. The Labute approximate surface area is 269 Å². The summed E-state index contributed by atoms with van der Waals surface area (Å²) in [6.45, 7) is 4.27. The van der Waals surface area contributed by atoms with Gasteiger partial charge in [0.25, 0.3) is 20.2 Å². The first-order chi connectivity index (χ1) is 21.8. The van der Waals surface area contributed by atoms with Crippen molar-refractivity contribution < 1.29 is 49.0 Å². The van der Waals surface area contributed by atoms with Crippen LogP contribution in [0.4, 0.5) is 28.4 Å². The molecule has 0 bridgehead atoms. The van der Waals surface area contributed by atoms with Crippen molar-refractivity contribution in [2.24, 2.45) is 20.5 Å². The summed E-state index contributed by atoms with van der Waals surface area (Å²) in [6.07, 6.45) is 0. The largest absolute Gasteiger partial charge is 0.505 e. The SMILES string of the molecule is CCS(=O)(=O)c1ccc(N=Nc2cc(OC)c(N=Nc3c(S(=O)(=O)O)cc4cc(S(=O)(=O)O)cc(NC(C)=O)c4c3O)cc2C)cc1. The first-order valence-electron chi connectivity index (χ1n) is 13.3. The van der Waals surface area contributed by atoms with Crippen LogP contribution in [0.1, 0.15) is 19.4 Å². The molecule has 0 radical (unpaired) electrons. The molecule has 0 unspecified atom stereocenters. The molecular formula is C28H27N5O11S3. The van der Waals surface area contributed by atoms with E-state index in [1.807, 2.05) is 0 Å². The minimum absolute atomic E-state index is 0.0302. The van der Waals surface area contributed by atoms with Crippen LogP contribution < -0.4 is 10.1 Å². The third-order valence-electron chi connectivity index (χ3n) is 6.61. The van der Waals surface area contributed by atoms with Gasteiger partial charge in [0, 0.05) is 18.4 Å². The molecule has 47 heavy (non-hydrogen) atoms. The maximum absolute atomic E-state index is 12.3. The summed E-state index contributed by atoms with van der Waals surface area (Å²) < 4.78 is 97.2. The number of carbonyl (C=O) groups is 1. The molecule has 16 nitrogen and oxygen atoms in total. The number of nitrogens with zero attached hydrogens (tertiary/aromatic N) is 4. The van der Waals surface area contributed by atoms with Crippen LogP contribution in [0.2, 0.25) is 0 Å². The summed E-state index contributed by atoms with van der Waals surface area (Å²) in [4.78, 5) is 10.3. The van der Waals surface area contributed by atoms with Gasteiger partial charge >= 0.3 is 0 Å². The number of benzene rings is 4. The number of hydrogen-bond donors (Lipinski definition) is 4. The van der Waals surface area contributed by atoms with Gasteiger partial charge in [0.15, 0.2) is 15.6 Å². The lowest BCUT2D eigenvalue weighted by atomic mass is 10.1. The number of fused-ring (bicyclic) bond motifs is 1. The summed E-state index contributed by atoms with van der Waals surface area (Å²) >= 11 is 0. The maximum atomic E-state index is 12.3. The monoisotopic (exact) mass is 705 g/mol. The van der Waals surface area contributed by atoms with E-state index >= 15 is 0 Å². The van der Waals surface area contributed by atoms with Gasteiger partial charge in [-0.2, -0.15) is 27.1 Å². The third-order valence-corrected chi connectivity index (χ3v) is 10.1. The lowest BCUT2D eigenvalue weighted by Gasteiger charge is -2.14. The van der Waals surface area contributed by atoms with E-state index in [4.69, 9.17) is 4.74 Å². The third kappa shape index (κ3) is 7.77. The molecule has 0 spiro atoms. The predicted octanol–water partition coefficient (Wildman–Crippen LogP) is 5.94. The quantitative estimate of drug-likeness (QED) is 0.111. The van der Waals surface area contributed by atoms with Gasteiger partial charge in [-0.3, -0.25) is 13.9 Å². The van der Waals surface area contributed by atoms with E-state index in [1.165, 1.54) is 50.4 Å². The van der Waals surface area contributed by atoms with Crippen LogP contribution in [0.3, 0.4) is 0 Å². The summed E-state index contributed by atoms with van der Waals surface area (Å²) in [5, 5.41) is 29.1. The Hall–Kier alpha value is -4.82. The lowest BCUT2D eigenvalue weighted by molar-refractivity contribution is -0.114. The highest BCUT2D eigenvalue weighted by Crippen LogP contribution is 2.46. The number of nitrogens with one attached hydrogen (secondary N) is 1. The number of phenolic OH excluding ortho intramolecular Hbond substituents is 1. The van der Waals surface area contributed by atoms with Gasteiger partial charge in [0.2, 0.25) is 5.91 Å². The second-order valence-electron chi connectivity index (χ2n) is 9.88. The molecule has 4 aromatic carbocycles. The van der Waals surface area contributed by atoms with Crippen molar-refractivity contribution in [2.75, 3.05) is 18.2 Å². The highest BCUT2D eigenvalue weighted by molar-refractivity contribution is 7.91. The Bertz CT molecular complexity index is 2300. The van der Waals surface area contributed by atoms with Crippen LogP contribution in [0.25, 0.3) is 10.8 Å². The Balaban J connectivity index is 1.82. The molecule has 0 aliphatic heterocycles.